The van der Waals surface area contributed by atoms with Crippen LogP contribution in [0, 0.1) is 13.8 Å². The van der Waals surface area contributed by atoms with Gasteiger partial charge < -0.3 is 25.4 Å². The van der Waals surface area contributed by atoms with Gasteiger partial charge in [-0.2, -0.15) is 0 Å². The Morgan fingerprint density at radius 3 is 2.29 bits per heavy atom. The fourth-order valence-corrected chi connectivity index (χ4v) is 3.64. The van der Waals surface area contributed by atoms with E-state index in [9.17, 15) is 19.5 Å². The number of alkyl carbamates (subject to hydrolysis) is 1. The van der Waals surface area contributed by atoms with E-state index in [2.05, 4.69) is 10.6 Å². The van der Waals surface area contributed by atoms with Crippen molar-refractivity contribution in [3.8, 4) is 5.75 Å². The number of rotatable bonds is 8. The highest BCUT2D eigenvalue weighted by Crippen LogP contribution is 2.28. The zero-order valence-corrected chi connectivity index (χ0v) is 21.6. The molecule has 0 bridgehead atoms. The first-order valence-corrected chi connectivity index (χ1v) is 11.8. The number of carbonyl (C=O) groups excluding carboxylic acids is 3. The molecule has 35 heavy (non-hydrogen) atoms. The zero-order chi connectivity index (χ0) is 26.3. The van der Waals surface area contributed by atoms with Gasteiger partial charge in [0.1, 0.15) is 23.4 Å². The maximum absolute atomic E-state index is 13.6. The summed E-state index contributed by atoms with van der Waals surface area (Å²) in [6.07, 6.45) is -0.119. The van der Waals surface area contributed by atoms with Crippen molar-refractivity contribution >= 4 is 23.6 Å². The fraction of sp³-hybridized carbons (Fsp3) is 0.444. The number of carbonyl (C=O) groups is 3. The summed E-state index contributed by atoms with van der Waals surface area (Å²) in [6, 6.07) is 10.3. The van der Waals surface area contributed by atoms with Crippen molar-refractivity contribution < 1.29 is 24.2 Å². The number of benzene rings is 2. The van der Waals surface area contributed by atoms with Gasteiger partial charge in [-0.3, -0.25) is 9.59 Å². The molecule has 0 saturated heterocycles. The topological polar surface area (TPSA) is 108 Å². The minimum Gasteiger partial charge on any atom is -0.508 e. The third-order valence-electron chi connectivity index (χ3n) is 5.35. The molecule has 0 radical (unpaired) electrons. The molecule has 0 heterocycles. The third-order valence-corrected chi connectivity index (χ3v) is 5.35. The first kappa shape index (κ1) is 27.7. The Hall–Kier alpha value is -3.55. The lowest BCUT2D eigenvalue weighted by Gasteiger charge is -2.33. The van der Waals surface area contributed by atoms with Crippen LogP contribution in [0.4, 0.5) is 10.5 Å². The van der Waals surface area contributed by atoms with Gasteiger partial charge >= 0.3 is 6.09 Å². The van der Waals surface area contributed by atoms with Gasteiger partial charge in [-0.15, -0.1) is 0 Å². The molecule has 0 fully saturated rings. The summed E-state index contributed by atoms with van der Waals surface area (Å²) in [4.78, 5) is 40.9. The number of ether oxygens (including phenoxy) is 1. The number of aryl methyl sites for hydroxylation is 2. The van der Waals surface area contributed by atoms with Gasteiger partial charge in [-0.1, -0.05) is 31.2 Å². The minimum absolute atomic E-state index is 0.0974. The maximum atomic E-state index is 13.6. The van der Waals surface area contributed by atoms with E-state index in [1.807, 2.05) is 32.0 Å². The van der Waals surface area contributed by atoms with Gasteiger partial charge in [0.05, 0.1) is 0 Å². The van der Waals surface area contributed by atoms with Crippen LogP contribution < -0.4 is 10.6 Å². The van der Waals surface area contributed by atoms with Gasteiger partial charge in [-0.05, 0) is 82.9 Å². The zero-order valence-electron chi connectivity index (χ0n) is 21.6. The molecule has 190 valence electrons. The SMILES string of the molecule is CCCN(C(=O)C(C)NC(=O)OC(C)(C)C)C(C(=O)Nc1ccccc1C)c1ccc(O)c(C)c1. The Kier molecular flexibility index (Phi) is 9.28. The molecule has 2 aromatic rings. The number of aromatic hydroxyl groups is 1. The van der Waals surface area contributed by atoms with Gasteiger partial charge in [0.25, 0.3) is 5.91 Å². The van der Waals surface area contributed by atoms with Gasteiger partial charge in [0.15, 0.2) is 0 Å². The van der Waals surface area contributed by atoms with Crippen molar-refractivity contribution in [2.75, 3.05) is 11.9 Å². The number of hydrogen-bond acceptors (Lipinski definition) is 5. The number of anilines is 1. The molecule has 8 heteroatoms. The minimum atomic E-state index is -0.982. The summed E-state index contributed by atoms with van der Waals surface area (Å²) in [5, 5.41) is 15.5. The average molecular weight is 484 g/mol. The fourth-order valence-electron chi connectivity index (χ4n) is 3.64. The Morgan fingerprint density at radius 1 is 1.06 bits per heavy atom. The van der Waals surface area contributed by atoms with Crippen LogP contribution in [0.5, 0.6) is 5.75 Å². The number of phenolic OH excluding ortho intramolecular Hbond substituents is 1. The van der Waals surface area contributed by atoms with E-state index in [4.69, 9.17) is 4.74 Å². The van der Waals surface area contributed by atoms with E-state index in [-0.39, 0.29) is 12.3 Å². The Labute approximate surface area is 207 Å². The number of hydrogen-bond donors (Lipinski definition) is 3. The van der Waals surface area contributed by atoms with Crippen molar-refractivity contribution in [1.82, 2.24) is 10.2 Å². The van der Waals surface area contributed by atoms with E-state index in [1.165, 1.54) is 11.0 Å². The quantitative estimate of drug-likeness (QED) is 0.498. The van der Waals surface area contributed by atoms with E-state index in [0.29, 0.717) is 23.2 Å². The summed E-state index contributed by atoms with van der Waals surface area (Å²) < 4.78 is 5.28. The van der Waals surface area contributed by atoms with Crippen LogP contribution in [0.3, 0.4) is 0 Å². The van der Waals surface area contributed by atoms with Gasteiger partial charge in [0, 0.05) is 12.2 Å². The van der Waals surface area contributed by atoms with Crippen LogP contribution >= 0.6 is 0 Å². The molecular formula is C27H37N3O5. The molecule has 3 amide bonds. The number of para-hydroxylation sites is 1. The molecule has 2 atom stereocenters. The number of amides is 3. The van der Waals surface area contributed by atoms with Gasteiger partial charge in [-0.25, -0.2) is 4.79 Å². The van der Waals surface area contributed by atoms with Crippen LogP contribution in [0.15, 0.2) is 42.5 Å². The van der Waals surface area contributed by atoms with Crippen LogP contribution in [0.1, 0.15) is 63.8 Å². The monoisotopic (exact) mass is 483 g/mol. The van der Waals surface area contributed by atoms with E-state index in [0.717, 1.165) is 5.56 Å². The molecule has 8 nitrogen and oxygen atoms in total. The molecule has 0 aliphatic heterocycles. The van der Waals surface area contributed by atoms with E-state index < -0.39 is 35.6 Å². The summed E-state index contributed by atoms with van der Waals surface area (Å²) in [5.41, 5.74) is 1.95. The summed E-state index contributed by atoms with van der Waals surface area (Å²) in [7, 11) is 0. The highest BCUT2D eigenvalue weighted by molar-refractivity contribution is 5.99. The van der Waals surface area contributed by atoms with E-state index in [1.54, 1.807) is 52.8 Å². The molecule has 0 aliphatic carbocycles. The third kappa shape index (κ3) is 7.73. The lowest BCUT2D eigenvalue weighted by molar-refractivity contribution is -0.140. The first-order chi connectivity index (χ1) is 16.3. The molecule has 3 N–H and O–H groups in total. The summed E-state index contributed by atoms with van der Waals surface area (Å²) in [6.45, 7) is 12.6. The second-order valence-corrected chi connectivity index (χ2v) is 9.65. The van der Waals surface area contributed by atoms with Crippen molar-refractivity contribution in [3.63, 3.8) is 0 Å². The van der Waals surface area contributed by atoms with Crippen LogP contribution in [0.25, 0.3) is 0 Å². The predicted molar refractivity (Wildman–Crippen MR) is 136 cm³/mol. The lowest BCUT2D eigenvalue weighted by Crippen LogP contribution is -2.51. The van der Waals surface area contributed by atoms with E-state index >= 15 is 0 Å². The average Bonchev–Trinajstić information content (AvgIpc) is 2.75. The molecule has 0 aliphatic rings. The lowest BCUT2D eigenvalue weighted by atomic mass is 10.00. The number of nitrogens with zero attached hydrogens (tertiary/aromatic N) is 1. The van der Waals surface area contributed by atoms with Crippen molar-refractivity contribution in [2.45, 2.75) is 72.6 Å². The Balaban J connectivity index is 2.43. The molecule has 2 unspecified atom stereocenters. The second kappa shape index (κ2) is 11.7. The summed E-state index contributed by atoms with van der Waals surface area (Å²) in [5.74, 6) is -0.718. The smallest absolute Gasteiger partial charge is 0.408 e. The normalized spacial score (nSPS) is 12.9. The largest absolute Gasteiger partial charge is 0.508 e. The van der Waals surface area contributed by atoms with Gasteiger partial charge in [0.2, 0.25) is 5.91 Å². The molecule has 0 aromatic heterocycles. The molecule has 2 rings (SSSR count). The van der Waals surface area contributed by atoms with Crippen LogP contribution in [-0.2, 0) is 14.3 Å². The highest BCUT2D eigenvalue weighted by atomic mass is 16.6. The molecular weight excluding hydrogens is 446 g/mol. The molecule has 0 spiro atoms. The predicted octanol–water partition coefficient (Wildman–Crippen LogP) is 4.84. The van der Waals surface area contributed by atoms with Crippen LogP contribution in [-0.4, -0.2) is 46.1 Å². The number of phenols is 1. The molecule has 2 aromatic carbocycles. The van der Waals surface area contributed by atoms with Crippen LogP contribution in [0.2, 0.25) is 0 Å². The maximum Gasteiger partial charge on any atom is 0.408 e. The summed E-state index contributed by atoms with van der Waals surface area (Å²) >= 11 is 0. The Morgan fingerprint density at radius 2 is 1.71 bits per heavy atom. The van der Waals surface area contributed by atoms with Crippen molar-refractivity contribution in [1.29, 1.82) is 0 Å². The molecule has 0 saturated carbocycles. The second-order valence-electron chi connectivity index (χ2n) is 9.65. The Bertz CT molecular complexity index is 1060. The standard InChI is InChI=1S/C27H37N3O5/c1-8-15-30(25(33)19(4)28-26(34)35-27(5,6)7)23(20-13-14-22(31)18(3)16-20)24(32)29-21-12-10-9-11-17(21)2/h9-14,16,19,23,31H,8,15H2,1-7H3,(H,28,34)(H,29,32). The highest BCUT2D eigenvalue weighted by Gasteiger charge is 2.34. The number of nitrogens with one attached hydrogen (secondary N) is 2. The van der Waals surface area contributed by atoms with Crippen molar-refractivity contribution in [3.05, 3.63) is 59.2 Å². The van der Waals surface area contributed by atoms with Crippen molar-refractivity contribution in [2.24, 2.45) is 0 Å². The first-order valence-electron chi connectivity index (χ1n) is 11.8.